The number of anilines is 1. The molecule has 0 aliphatic carbocycles. The minimum atomic E-state index is -0.312. The Morgan fingerprint density at radius 3 is 2.67 bits per heavy atom. The van der Waals surface area contributed by atoms with Crippen LogP contribution in [-0.2, 0) is 4.79 Å². The lowest BCUT2D eigenvalue weighted by atomic mass is 10.2. The first-order chi connectivity index (χ1) is 13.1. The van der Waals surface area contributed by atoms with Crippen LogP contribution in [0.3, 0.4) is 0 Å². The molecule has 0 radical (unpaired) electrons. The summed E-state index contributed by atoms with van der Waals surface area (Å²) in [4.78, 5) is 16.3. The van der Waals surface area contributed by atoms with Crippen molar-refractivity contribution in [1.29, 1.82) is 0 Å². The topological polar surface area (TPSA) is 78.3 Å². The molecule has 0 spiro atoms. The number of ether oxygens (including phenoxy) is 2. The molecule has 1 amide bonds. The molecule has 3 rings (SSSR count). The molecule has 0 unspecified atom stereocenters. The SMILES string of the molecule is COc1ccc(/C=C/C(=O)Nc2cc(Cl)ccc2-n2cncn2)cc1OC. The molecule has 2 aromatic carbocycles. The third-order valence-corrected chi connectivity index (χ3v) is 3.95. The fraction of sp³-hybridized carbons (Fsp3) is 0.105. The molecule has 0 aliphatic rings. The Balaban J connectivity index is 1.78. The van der Waals surface area contributed by atoms with Crippen LogP contribution in [0.4, 0.5) is 5.69 Å². The summed E-state index contributed by atoms with van der Waals surface area (Å²) in [6, 6.07) is 10.5. The van der Waals surface area contributed by atoms with Crippen molar-refractivity contribution in [2.24, 2.45) is 0 Å². The highest BCUT2D eigenvalue weighted by Gasteiger charge is 2.09. The van der Waals surface area contributed by atoms with Crippen molar-refractivity contribution in [3.05, 3.63) is 65.7 Å². The van der Waals surface area contributed by atoms with Gasteiger partial charge in [0.05, 0.1) is 25.6 Å². The molecular formula is C19H17ClN4O3. The number of nitrogens with one attached hydrogen (secondary N) is 1. The quantitative estimate of drug-likeness (QED) is 0.657. The Morgan fingerprint density at radius 2 is 1.96 bits per heavy atom. The van der Waals surface area contributed by atoms with E-state index in [-0.39, 0.29) is 5.91 Å². The minimum absolute atomic E-state index is 0.312. The van der Waals surface area contributed by atoms with Crippen molar-refractivity contribution in [3.8, 4) is 17.2 Å². The van der Waals surface area contributed by atoms with Gasteiger partial charge in [0.15, 0.2) is 11.5 Å². The molecule has 0 aliphatic heterocycles. The molecule has 1 aromatic heterocycles. The predicted molar refractivity (Wildman–Crippen MR) is 104 cm³/mol. The highest BCUT2D eigenvalue weighted by Crippen LogP contribution is 2.28. The molecule has 3 aromatic rings. The predicted octanol–water partition coefficient (Wildman–Crippen LogP) is 3.59. The number of carbonyl (C=O) groups is 1. The van der Waals surface area contributed by atoms with Gasteiger partial charge < -0.3 is 14.8 Å². The monoisotopic (exact) mass is 384 g/mol. The number of halogens is 1. The lowest BCUT2D eigenvalue weighted by Gasteiger charge is -2.10. The molecule has 0 fully saturated rings. The van der Waals surface area contributed by atoms with Gasteiger partial charge in [0.2, 0.25) is 5.91 Å². The van der Waals surface area contributed by atoms with E-state index in [1.807, 2.05) is 6.07 Å². The smallest absolute Gasteiger partial charge is 0.248 e. The Bertz CT molecular complexity index is 971. The van der Waals surface area contributed by atoms with E-state index in [1.54, 1.807) is 61.6 Å². The molecule has 1 heterocycles. The summed E-state index contributed by atoms with van der Waals surface area (Å²) in [5, 5.41) is 7.38. The lowest BCUT2D eigenvalue weighted by Crippen LogP contribution is -2.11. The maximum Gasteiger partial charge on any atom is 0.248 e. The fourth-order valence-corrected chi connectivity index (χ4v) is 2.62. The average molecular weight is 385 g/mol. The van der Waals surface area contributed by atoms with Crippen LogP contribution >= 0.6 is 11.6 Å². The molecular weight excluding hydrogens is 368 g/mol. The van der Waals surface area contributed by atoms with Gasteiger partial charge in [-0.1, -0.05) is 17.7 Å². The summed E-state index contributed by atoms with van der Waals surface area (Å²) in [7, 11) is 3.13. The summed E-state index contributed by atoms with van der Waals surface area (Å²) in [6.45, 7) is 0. The zero-order chi connectivity index (χ0) is 19.2. The molecule has 0 saturated carbocycles. The molecule has 0 bridgehead atoms. The number of amides is 1. The third kappa shape index (κ3) is 4.45. The first-order valence-electron chi connectivity index (χ1n) is 7.96. The Morgan fingerprint density at radius 1 is 1.15 bits per heavy atom. The molecule has 0 atom stereocenters. The van der Waals surface area contributed by atoms with E-state index in [1.165, 1.54) is 12.4 Å². The van der Waals surface area contributed by atoms with E-state index in [9.17, 15) is 4.79 Å². The Kier molecular flexibility index (Phi) is 5.73. The van der Waals surface area contributed by atoms with Gasteiger partial charge in [0.1, 0.15) is 12.7 Å². The summed E-state index contributed by atoms with van der Waals surface area (Å²) in [5.41, 5.74) is 1.98. The van der Waals surface area contributed by atoms with Gasteiger partial charge >= 0.3 is 0 Å². The van der Waals surface area contributed by atoms with Crippen molar-refractivity contribution in [2.75, 3.05) is 19.5 Å². The maximum absolute atomic E-state index is 12.4. The summed E-state index contributed by atoms with van der Waals surface area (Å²) < 4.78 is 12.0. The van der Waals surface area contributed by atoms with Crippen molar-refractivity contribution in [1.82, 2.24) is 14.8 Å². The molecule has 8 heteroatoms. The minimum Gasteiger partial charge on any atom is -0.493 e. The van der Waals surface area contributed by atoms with E-state index < -0.39 is 0 Å². The van der Waals surface area contributed by atoms with Crippen LogP contribution in [0.1, 0.15) is 5.56 Å². The fourth-order valence-electron chi connectivity index (χ4n) is 2.44. The van der Waals surface area contributed by atoms with Crippen molar-refractivity contribution in [2.45, 2.75) is 0 Å². The molecule has 7 nitrogen and oxygen atoms in total. The van der Waals surface area contributed by atoms with E-state index in [4.69, 9.17) is 21.1 Å². The molecule has 0 saturated heterocycles. The highest BCUT2D eigenvalue weighted by atomic mass is 35.5. The number of nitrogens with zero attached hydrogens (tertiary/aromatic N) is 3. The molecule has 27 heavy (non-hydrogen) atoms. The first kappa shape index (κ1) is 18.5. The van der Waals surface area contributed by atoms with Gasteiger partial charge in [0, 0.05) is 11.1 Å². The Labute approximate surface area is 161 Å². The van der Waals surface area contributed by atoms with Crippen LogP contribution in [0.15, 0.2) is 55.1 Å². The van der Waals surface area contributed by atoms with Crippen molar-refractivity contribution in [3.63, 3.8) is 0 Å². The van der Waals surface area contributed by atoms with Gasteiger partial charge in [-0.3, -0.25) is 4.79 Å². The van der Waals surface area contributed by atoms with Crippen LogP contribution < -0.4 is 14.8 Å². The second-order valence-electron chi connectivity index (χ2n) is 5.44. The number of aromatic nitrogens is 3. The van der Waals surface area contributed by atoms with Gasteiger partial charge in [0.25, 0.3) is 0 Å². The van der Waals surface area contributed by atoms with E-state index in [0.717, 1.165) is 5.56 Å². The van der Waals surface area contributed by atoms with Crippen LogP contribution in [0.5, 0.6) is 11.5 Å². The zero-order valence-electron chi connectivity index (χ0n) is 14.7. The number of rotatable bonds is 6. The van der Waals surface area contributed by atoms with Crippen molar-refractivity contribution < 1.29 is 14.3 Å². The summed E-state index contributed by atoms with van der Waals surface area (Å²) >= 11 is 6.06. The van der Waals surface area contributed by atoms with Crippen molar-refractivity contribution >= 4 is 29.3 Å². The van der Waals surface area contributed by atoms with Gasteiger partial charge in [-0.25, -0.2) is 9.67 Å². The maximum atomic E-state index is 12.4. The largest absolute Gasteiger partial charge is 0.493 e. The molecule has 138 valence electrons. The average Bonchev–Trinajstić information content (AvgIpc) is 3.20. The van der Waals surface area contributed by atoms with Crippen LogP contribution in [-0.4, -0.2) is 34.9 Å². The third-order valence-electron chi connectivity index (χ3n) is 3.72. The lowest BCUT2D eigenvalue weighted by molar-refractivity contribution is -0.111. The molecule has 1 N–H and O–H groups in total. The van der Waals surface area contributed by atoms with Crippen LogP contribution in [0, 0.1) is 0 Å². The highest BCUT2D eigenvalue weighted by molar-refractivity contribution is 6.31. The van der Waals surface area contributed by atoms with Crippen LogP contribution in [0.25, 0.3) is 11.8 Å². The van der Waals surface area contributed by atoms with E-state index in [0.29, 0.717) is 27.9 Å². The standard InChI is InChI=1S/C19H17ClN4O3/c1-26-17-7-3-13(9-18(17)27-2)4-8-19(25)23-15-10-14(20)5-6-16(15)24-12-21-11-22-24/h3-12H,1-2H3,(H,23,25)/b8-4+. The van der Waals surface area contributed by atoms with E-state index in [2.05, 4.69) is 15.4 Å². The Hall–Kier alpha value is -3.32. The second kappa shape index (κ2) is 8.37. The zero-order valence-corrected chi connectivity index (χ0v) is 15.5. The van der Waals surface area contributed by atoms with Gasteiger partial charge in [-0.2, -0.15) is 5.10 Å². The summed E-state index contributed by atoms with van der Waals surface area (Å²) in [6.07, 6.45) is 6.06. The number of carbonyl (C=O) groups excluding carboxylic acids is 1. The normalized spacial score (nSPS) is 10.8. The van der Waals surface area contributed by atoms with Crippen LogP contribution in [0.2, 0.25) is 5.02 Å². The summed E-state index contributed by atoms with van der Waals surface area (Å²) in [5.74, 6) is 0.896. The second-order valence-corrected chi connectivity index (χ2v) is 5.87. The number of hydrogen-bond acceptors (Lipinski definition) is 5. The van der Waals surface area contributed by atoms with Gasteiger partial charge in [-0.05, 0) is 42.0 Å². The van der Waals surface area contributed by atoms with Gasteiger partial charge in [-0.15, -0.1) is 0 Å². The number of hydrogen-bond donors (Lipinski definition) is 1. The van der Waals surface area contributed by atoms with E-state index >= 15 is 0 Å². The number of benzene rings is 2. The number of methoxy groups -OCH3 is 2. The first-order valence-corrected chi connectivity index (χ1v) is 8.34.